The second-order valence-corrected chi connectivity index (χ2v) is 4.05. The maximum Gasteiger partial charge on any atom is 0.221 e. The van der Waals surface area contributed by atoms with Gasteiger partial charge in [-0.25, -0.2) is 0 Å². The first-order valence-corrected chi connectivity index (χ1v) is 5.58. The average molecular weight is 260 g/mol. The third-order valence-corrected chi connectivity index (χ3v) is 2.79. The van der Waals surface area contributed by atoms with Crippen molar-refractivity contribution in [2.45, 2.75) is 37.0 Å². The Morgan fingerprint density at radius 3 is 2.44 bits per heavy atom. The summed E-state index contributed by atoms with van der Waals surface area (Å²) in [6.07, 6.45) is -0.863. The third-order valence-electron chi connectivity index (χ3n) is 2.79. The van der Waals surface area contributed by atoms with Crippen LogP contribution in [0.5, 0.6) is 0 Å². The lowest BCUT2D eigenvalue weighted by Gasteiger charge is -2.40. The second kappa shape index (κ2) is 5.79. The SMILES string of the molecule is OC[C@H]1O[C@@H](OC2C=CC=CO2)[C@@H](O)[C@@H](O)[C@@H]1O. The zero-order chi connectivity index (χ0) is 13.1. The van der Waals surface area contributed by atoms with Crippen molar-refractivity contribution in [1.29, 1.82) is 0 Å². The van der Waals surface area contributed by atoms with E-state index in [0.29, 0.717) is 0 Å². The van der Waals surface area contributed by atoms with Crippen molar-refractivity contribution >= 4 is 0 Å². The summed E-state index contributed by atoms with van der Waals surface area (Å²) < 4.78 is 15.5. The van der Waals surface area contributed by atoms with Gasteiger partial charge < -0.3 is 34.6 Å². The van der Waals surface area contributed by atoms with Crippen LogP contribution in [0.1, 0.15) is 0 Å². The number of rotatable bonds is 3. The Morgan fingerprint density at radius 2 is 1.83 bits per heavy atom. The number of hydrogen-bond acceptors (Lipinski definition) is 7. The van der Waals surface area contributed by atoms with Gasteiger partial charge in [-0.05, 0) is 12.2 Å². The lowest BCUT2D eigenvalue weighted by molar-refractivity contribution is -0.325. The van der Waals surface area contributed by atoms with Crippen molar-refractivity contribution in [3.8, 4) is 0 Å². The van der Waals surface area contributed by atoms with Gasteiger partial charge in [0.05, 0.1) is 12.9 Å². The van der Waals surface area contributed by atoms with Gasteiger partial charge in [0.15, 0.2) is 6.29 Å². The number of aliphatic hydroxyl groups excluding tert-OH is 4. The molecule has 1 saturated heterocycles. The molecule has 0 radical (unpaired) electrons. The van der Waals surface area contributed by atoms with Gasteiger partial charge in [-0.15, -0.1) is 0 Å². The van der Waals surface area contributed by atoms with E-state index in [-0.39, 0.29) is 0 Å². The molecule has 0 bridgehead atoms. The molecule has 0 spiro atoms. The van der Waals surface area contributed by atoms with Crippen LogP contribution in [0.2, 0.25) is 0 Å². The lowest BCUT2D eigenvalue weighted by Crippen LogP contribution is -2.59. The first-order valence-electron chi connectivity index (χ1n) is 5.58. The van der Waals surface area contributed by atoms with Crippen LogP contribution in [0.3, 0.4) is 0 Å². The molecule has 7 nitrogen and oxygen atoms in total. The highest BCUT2D eigenvalue weighted by Gasteiger charge is 2.44. The summed E-state index contributed by atoms with van der Waals surface area (Å²) in [6, 6.07) is 0. The fraction of sp³-hybridized carbons (Fsp3) is 0.636. The molecule has 0 aromatic carbocycles. The first kappa shape index (κ1) is 13.5. The van der Waals surface area contributed by atoms with Crippen LogP contribution in [-0.4, -0.2) is 64.0 Å². The average Bonchev–Trinajstić information content (AvgIpc) is 2.40. The number of allylic oxidation sites excluding steroid dienone is 2. The van der Waals surface area contributed by atoms with E-state index in [2.05, 4.69) is 0 Å². The minimum atomic E-state index is -1.45. The van der Waals surface area contributed by atoms with Crippen LogP contribution in [0.15, 0.2) is 24.5 Å². The van der Waals surface area contributed by atoms with E-state index in [1.54, 1.807) is 18.2 Å². The number of aliphatic hydroxyl groups is 4. The Morgan fingerprint density at radius 1 is 1.06 bits per heavy atom. The van der Waals surface area contributed by atoms with Crippen LogP contribution in [0.25, 0.3) is 0 Å². The van der Waals surface area contributed by atoms with Crippen molar-refractivity contribution < 1.29 is 34.6 Å². The van der Waals surface area contributed by atoms with Gasteiger partial charge in [0.25, 0.3) is 0 Å². The molecule has 0 aliphatic carbocycles. The highest BCUT2D eigenvalue weighted by atomic mass is 16.8. The van der Waals surface area contributed by atoms with Crippen LogP contribution < -0.4 is 0 Å². The largest absolute Gasteiger partial charge is 0.469 e. The summed E-state index contributed by atoms with van der Waals surface area (Å²) in [5.41, 5.74) is 0. The molecule has 2 heterocycles. The molecular formula is C11H16O7. The van der Waals surface area contributed by atoms with Crippen LogP contribution in [0, 0.1) is 0 Å². The number of hydrogen-bond donors (Lipinski definition) is 4. The van der Waals surface area contributed by atoms with Gasteiger partial charge in [0, 0.05) is 0 Å². The van der Waals surface area contributed by atoms with Crippen molar-refractivity contribution in [1.82, 2.24) is 0 Å². The molecule has 7 heteroatoms. The Balaban J connectivity index is 1.98. The first-order chi connectivity index (χ1) is 8.63. The smallest absolute Gasteiger partial charge is 0.221 e. The minimum absolute atomic E-state index is 0.494. The van der Waals surface area contributed by atoms with E-state index in [4.69, 9.17) is 19.3 Å². The zero-order valence-corrected chi connectivity index (χ0v) is 9.49. The molecule has 1 fully saturated rings. The quantitative estimate of drug-likeness (QED) is 0.475. The highest BCUT2D eigenvalue weighted by molar-refractivity contribution is 5.05. The molecule has 4 N–H and O–H groups in total. The molecule has 0 saturated carbocycles. The molecule has 1 unspecified atom stereocenters. The fourth-order valence-corrected chi connectivity index (χ4v) is 1.76. The van der Waals surface area contributed by atoms with Crippen molar-refractivity contribution in [2.75, 3.05) is 6.61 Å². The molecule has 18 heavy (non-hydrogen) atoms. The van der Waals surface area contributed by atoms with E-state index in [0.717, 1.165) is 0 Å². The summed E-state index contributed by atoms with van der Waals surface area (Å²) in [7, 11) is 0. The summed E-state index contributed by atoms with van der Waals surface area (Å²) in [5, 5.41) is 37.8. The van der Waals surface area contributed by atoms with Crippen molar-refractivity contribution in [3.63, 3.8) is 0 Å². The minimum Gasteiger partial charge on any atom is -0.469 e. The predicted molar refractivity (Wildman–Crippen MR) is 58.0 cm³/mol. The number of ether oxygens (including phenoxy) is 3. The van der Waals surface area contributed by atoms with Crippen LogP contribution >= 0.6 is 0 Å². The van der Waals surface area contributed by atoms with E-state index in [1.807, 2.05) is 0 Å². The second-order valence-electron chi connectivity index (χ2n) is 4.05. The molecule has 0 aromatic heterocycles. The zero-order valence-electron chi connectivity index (χ0n) is 9.49. The van der Waals surface area contributed by atoms with Crippen LogP contribution in [-0.2, 0) is 14.2 Å². The van der Waals surface area contributed by atoms with Crippen molar-refractivity contribution in [3.05, 3.63) is 24.5 Å². The monoisotopic (exact) mass is 260 g/mol. The van der Waals surface area contributed by atoms with Gasteiger partial charge in [-0.2, -0.15) is 0 Å². The molecule has 2 rings (SSSR count). The Bertz CT molecular complexity index is 327. The Kier molecular flexibility index (Phi) is 4.33. The fourth-order valence-electron chi connectivity index (χ4n) is 1.76. The molecule has 6 atom stereocenters. The predicted octanol–water partition coefficient (Wildman–Crippen LogP) is -1.77. The van der Waals surface area contributed by atoms with Crippen LogP contribution in [0.4, 0.5) is 0 Å². The summed E-state index contributed by atoms with van der Waals surface area (Å²) in [6.45, 7) is -0.494. The van der Waals surface area contributed by atoms with E-state index < -0.39 is 43.6 Å². The normalized spacial score (nSPS) is 43.8. The van der Waals surface area contributed by atoms with Crippen molar-refractivity contribution in [2.24, 2.45) is 0 Å². The van der Waals surface area contributed by atoms with Gasteiger partial charge in [-0.3, -0.25) is 0 Å². The van der Waals surface area contributed by atoms with Gasteiger partial charge >= 0.3 is 0 Å². The highest BCUT2D eigenvalue weighted by Crippen LogP contribution is 2.23. The molecule has 0 aromatic rings. The van der Waals surface area contributed by atoms with Gasteiger partial charge in [0.1, 0.15) is 24.4 Å². The third kappa shape index (κ3) is 2.72. The van der Waals surface area contributed by atoms with Gasteiger partial charge in [0.2, 0.25) is 6.29 Å². The molecule has 2 aliphatic heterocycles. The van der Waals surface area contributed by atoms with E-state index >= 15 is 0 Å². The molecule has 2 aliphatic rings. The Hall–Kier alpha value is -0.960. The van der Waals surface area contributed by atoms with E-state index in [9.17, 15) is 15.3 Å². The lowest BCUT2D eigenvalue weighted by atomic mass is 9.99. The standard InChI is InChI=1S/C11H16O7/c12-5-6-8(13)9(14)10(15)11(17-6)18-7-3-1-2-4-16-7/h1-4,6-15H,5H2/t6-,7?,8-,9+,10+,11+/m1/s1. The molecule has 102 valence electrons. The maximum atomic E-state index is 9.71. The maximum absolute atomic E-state index is 9.71. The summed E-state index contributed by atoms with van der Waals surface area (Å²) in [4.78, 5) is 0. The molecular weight excluding hydrogens is 244 g/mol. The molecule has 0 amide bonds. The van der Waals surface area contributed by atoms with E-state index in [1.165, 1.54) is 6.26 Å². The topological polar surface area (TPSA) is 109 Å². The Labute approximate surface area is 104 Å². The summed E-state index contributed by atoms with van der Waals surface area (Å²) >= 11 is 0. The summed E-state index contributed by atoms with van der Waals surface area (Å²) in [5.74, 6) is 0. The van der Waals surface area contributed by atoms with Gasteiger partial charge in [-0.1, -0.05) is 6.08 Å².